The first-order valence-electron chi connectivity index (χ1n) is 9.48. The number of carbonyl (C=O) groups excluding carboxylic acids is 1. The van der Waals surface area contributed by atoms with Crippen LogP contribution in [0.4, 0.5) is 0 Å². The van der Waals surface area contributed by atoms with Crippen molar-refractivity contribution < 1.29 is 13.9 Å². The number of rotatable bonds is 9. The van der Waals surface area contributed by atoms with Gasteiger partial charge < -0.3 is 14.1 Å². The lowest BCUT2D eigenvalue weighted by Crippen LogP contribution is -2.30. The molecule has 2 aromatic carbocycles. The molecule has 0 unspecified atom stereocenters. The standard InChI is InChI=1S/C22H25N3O3/c1-3-25(16-17-12-14-19(27-2)15-13-17)21(26)11-7-10-20-23-24-22(28-20)18-8-5-4-6-9-18/h4-6,8-9,12-15H,3,7,10-11,16H2,1-2H3. The molecule has 0 saturated heterocycles. The normalized spacial score (nSPS) is 10.6. The van der Waals surface area contributed by atoms with E-state index in [-0.39, 0.29) is 5.91 Å². The molecule has 0 aliphatic carbocycles. The van der Waals surface area contributed by atoms with Gasteiger partial charge in [0.15, 0.2) is 0 Å². The zero-order valence-corrected chi connectivity index (χ0v) is 16.3. The van der Waals surface area contributed by atoms with Crippen molar-refractivity contribution in [3.8, 4) is 17.2 Å². The van der Waals surface area contributed by atoms with Crippen molar-refractivity contribution in [2.75, 3.05) is 13.7 Å². The van der Waals surface area contributed by atoms with Crippen LogP contribution in [0.25, 0.3) is 11.5 Å². The van der Waals surface area contributed by atoms with Crippen molar-refractivity contribution in [2.45, 2.75) is 32.7 Å². The molecule has 1 heterocycles. The average Bonchev–Trinajstić information content (AvgIpc) is 3.22. The fraction of sp³-hybridized carbons (Fsp3) is 0.318. The van der Waals surface area contributed by atoms with Crippen LogP contribution in [0.5, 0.6) is 5.75 Å². The second kappa shape index (κ2) is 9.69. The zero-order chi connectivity index (χ0) is 19.8. The molecule has 0 aliphatic heterocycles. The highest BCUT2D eigenvalue weighted by molar-refractivity contribution is 5.76. The van der Waals surface area contributed by atoms with Crippen LogP contribution in [0.2, 0.25) is 0 Å². The van der Waals surface area contributed by atoms with E-state index in [1.807, 2.05) is 66.4 Å². The van der Waals surface area contributed by atoms with Crippen LogP contribution in [0.15, 0.2) is 59.0 Å². The second-order valence-corrected chi connectivity index (χ2v) is 6.48. The molecule has 3 rings (SSSR count). The van der Waals surface area contributed by atoms with Crippen LogP contribution in [-0.2, 0) is 17.8 Å². The lowest BCUT2D eigenvalue weighted by Gasteiger charge is -2.21. The summed E-state index contributed by atoms with van der Waals surface area (Å²) in [6.45, 7) is 3.26. The van der Waals surface area contributed by atoms with Gasteiger partial charge in [0.2, 0.25) is 17.7 Å². The van der Waals surface area contributed by atoms with E-state index in [2.05, 4.69) is 10.2 Å². The molecule has 0 spiro atoms. The predicted molar refractivity (Wildman–Crippen MR) is 107 cm³/mol. The van der Waals surface area contributed by atoms with Gasteiger partial charge in [-0.3, -0.25) is 4.79 Å². The number of carbonyl (C=O) groups is 1. The second-order valence-electron chi connectivity index (χ2n) is 6.48. The minimum absolute atomic E-state index is 0.126. The Bertz CT molecular complexity index is 876. The summed E-state index contributed by atoms with van der Waals surface area (Å²) in [6, 6.07) is 17.5. The van der Waals surface area contributed by atoms with Crippen molar-refractivity contribution in [1.29, 1.82) is 0 Å². The van der Waals surface area contributed by atoms with E-state index in [1.54, 1.807) is 7.11 Å². The van der Waals surface area contributed by atoms with E-state index >= 15 is 0 Å². The summed E-state index contributed by atoms with van der Waals surface area (Å²) < 4.78 is 10.9. The monoisotopic (exact) mass is 379 g/mol. The van der Waals surface area contributed by atoms with E-state index in [0.29, 0.717) is 44.1 Å². The molecule has 0 saturated carbocycles. The van der Waals surface area contributed by atoms with Crippen LogP contribution >= 0.6 is 0 Å². The van der Waals surface area contributed by atoms with Crippen LogP contribution in [0.1, 0.15) is 31.2 Å². The van der Waals surface area contributed by atoms with Gasteiger partial charge in [-0.1, -0.05) is 30.3 Å². The Labute approximate surface area is 165 Å². The fourth-order valence-electron chi connectivity index (χ4n) is 2.93. The zero-order valence-electron chi connectivity index (χ0n) is 16.3. The molecule has 146 valence electrons. The summed E-state index contributed by atoms with van der Waals surface area (Å²) in [5.74, 6) is 2.01. The smallest absolute Gasteiger partial charge is 0.247 e. The maximum atomic E-state index is 12.6. The third kappa shape index (κ3) is 5.19. The predicted octanol–water partition coefficient (Wildman–Crippen LogP) is 4.12. The van der Waals surface area contributed by atoms with E-state index in [9.17, 15) is 4.79 Å². The molecule has 6 nitrogen and oxygen atoms in total. The average molecular weight is 379 g/mol. The molecule has 0 fully saturated rings. The molecule has 28 heavy (non-hydrogen) atoms. The van der Waals surface area contributed by atoms with Gasteiger partial charge in [0.25, 0.3) is 0 Å². The van der Waals surface area contributed by atoms with E-state index in [4.69, 9.17) is 9.15 Å². The number of benzene rings is 2. The highest BCUT2D eigenvalue weighted by Crippen LogP contribution is 2.18. The van der Waals surface area contributed by atoms with Crippen LogP contribution < -0.4 is 4.74 Å². The van der Waals surface area contributed by atoms with E-state index in [0.717, 1.165) is 16.9 Å². The number of amides is 1. The molecule has 1 aromatic heterocycles. The Morgan fingerprint density at radius 3 is 2.50 bits per heavy atom. The Morgan fingerprint density at radius 1 is 1.07 bits per heavy atom. The molecule has 0 aliphatic rings. The molecule has 0 N–H and O–H groups in total. The van der Waals surface area contributed by atoms with Gasteiger partial charge in [-0.05, 0) is 43.2 Å². The Hall–Kier alpha value is -3.15. The molecule has 0 atom stereocenters. The van der Waals surface area contributed by atoms with Crippen LogP contribution in [0, 0.1) is 0 Å². The van der Waals surface area contributed by atoms with Crippen molar-refractivity contribution in [1.82, 2.24) is 15.1 Å². The summed E-state index contributed by atoms with van der Waals surface area (Å²) in [7, 11) is 1.64. The maximum absolute atomic E-state index is 12.6. The number of aryl methyl sites for hydroxylation is 1. The summed E-state index contributed by atoms with van der Waals surface area (Å²) in [5, 5.41) is 8.17. The lowest BCUT2D eigenvalue weighted by molar-refractivity contribution is -0.131. The number of methoxy groups -OCH3 is 1. The van der Waals surface area contributed by atoms with E-state index < -0.39 is 0 Å². The summed E-state index contributed by atoms with van der Waals surface area (Å²) >= 11 is 0. The first-order valence-corrected chi connectivity index (χ1v) is 9.48. The van der Waals surface area contributed by atoms with Gasteiger partial charge in [0, 0.05) is 31.5 Å². The summed E-state index contributed by atoms with van der Waals surface area (Å²) in [6.07, 6.45) is 1.72. The van der Waals surface area contributed by atoms with Crippen LogP contribution in [0.3, 0.4) is 0 Å². The van der Waals surface area contributed by atoms with Gasteiger partial charge >= 0.3 is 0 Å². The SMILES string of the molecule is CCN(Cc1ccc(OC)cc1)C(=O)CCCc1nnc(-c2ccccc2)o1. The molecule has 1 amide bonds. The minimum Gasteiger partial charge on any atom is -0.497 e. The topological polar surface area (TPSA) is 68.5 Å². The molecular formula is C22H25N3O3. The van der Waals surface area contributed by atoms with Gasteiger partial charge in [-0.25, -0.2) is 0 Å². The largest absolute Gasteiger partial charge is 0.497 e. The third-order valence-electron chi connectivity index (χ3n) is 4.54. The Balaban J connectivity index is 1.49. The molecule has 0 bridgehead atoms. The quantitative estimate of drug-likeness (QED) is 0.559. The third-order valence-corrected chi connectivity index (χ3v) is 4.54. The maximum Gasteiger partial charge on any atom is 0.247 e. The lowest BCUT2D eigenvalue weighted by atomic mass is 10.1. The molecule has 3 aromatic rings. The van der Waals surface area contributed by atoms with Gasteiger partial charge in [-0.2, -0.15) is 0 Å². The highest BCUT2D eigenvalue weighted by atomic mass is 16.5. The van der Waals surface area contributed by atoms with Crippen molar-refractivity contribution in [3.05, 3.63) is 66.1 Å². The summed E-state index contributed by atoms with van der Waals surface area (Å²) in [5.41, 5.74) is 1.98. The highest BCUT2D eigenvalue weighted by Gasteiger charge is 2.14. The van der Waals surface area contributed by atoms with Gasteiger partial charge in [0.1, 0.15) is 5.75 Å². The fourth-order valence-corrected chi connectivity index (χ4v) is 2.93. The number of aromatic nitrogens is 2. The van der Waals surface area contributed by atoms with Crippen molar-refractivity contribution >= 4 is 5.91 Å². The van der Waals surface area contributed by atoms with Crippen molar-refractivity contribution in [2.24, 2.45) is 0 Å². The first kappa shape index (κ1) is 19.6. The van der Waals surface area contributed by atoms with Crippen LogP contribution in [-0.4, -0.2) is 34.7 Å². The van der Waals surface area contributed by atoms with Gasteiger partial charge in [-0.15, -0.1) is 10.2 Å². The van der Waals surface area contributed by atoms with E-state index in [1.165, 1.54) is 0 Å². The number of hydrogen-bond donors (Lipinski definition) is 0. The number of ether oxygens (including phenoxy) is 1. The van der Waals surface area contributed by atoms with Crippen molar-refractivity contribution in [3.63, 3.8) is 0 Å². The molecular weight excluding hydrogens is 354 g/mol. The number of hydrogen-bond acceptors (Lipinski definition) is 5. The number of nitrogens with zero attached hydrogens (tertiary/aromatic N) is 3. The molecule has 6 heteroatoms. The summed E-state index contributed by atoms with van der Waals surface area (Å²) in [4.78, 5) is 14.4. The Morgan fingerprint density at radius 2 is 1.82 bits per heavy atom. The molecule has 0 radical (unpaired) electrons. The Kier molecular flexibility index (Phi) is 6.78. The minimum atomic E-state index is 0.126. The van der Waals surface area contributed by atoms with Gasteiger partial charge in [0.05, 0.1) is 7.11 Å². The first-order chi connectivity index (χ1) is 13.7.